The zero-order valence-corrected chi connectivity index (χ0v) is 14.9. The van der Waals surface area contributed by atoms with Gasteiger partial charge in [-0.25, -0.2) is 18.6 Å². The van der Waals surface area contributed by atoms with Crippen molar-refractivity contribution in [3.05, 3.63) is 65.4 Å². The Morgan fingerprint density at radius 3 is 2.57 bits per heavy atom. The first-order valence-electron chi connectivity index (χ1n) is 8.18. The Balaban J connectivity index is 1.94. The van der Waals surface area contributed by atoms with E-state index in [1.807, 2.05) is 6.92 Å². The summed E-state index contributed by atoms with van der Waals surface area (Å²) >= 11 is 0. The minimum atomic E-state index is -1.24. The molecule has 8 nitrogen and oxygen atoms in total. The highest BCUT2D eigenvalue weighted by Gasteiger charge is 2.20. The highest BCUT2D eigenvalue weighted by molar-refractivity contribution is 6.07. The summed E-state index contributed by atoms with van der Waals surface area (Å²) in [7, 11) is 1.09. The van der Waals surface area contributed by atoms with Gasteiger partial charge in [0.15, 0.2) is 23.1 Å². The van der Waals surface area contributed by atoms with E-state index in [-0.39, 0.29) is 16.9 Å². The van der Waals surface area contributed by atoms with Gasteiger partial charge in [0, 0.05) is 18.5 Å². The first-order valence-corrected chi connectivity index (χ1v) is 8.18. The fraction of sp³-hybridized carbons (Fsp3) is 0.167. The summed E-state index contributed by atoms with van der Waals surface area (Å²) in [6.07, 6.45) is 5.38. The second-order valence-electron chi connectivity index (χ2n) is 5.66. The molecule has 3 aromatic rings. The fourth-order valence-corrected chi connectivity index (χ4v) is 2.51. The number of benzene rings is 1. The number of hydrogen-bond acceptors (Lipinski definition) is 6. The average Bonchev–Trinajstić information content (AvgIpc) is 3.24. The molecule has 0 aliphatic heterocycles. The molecule has 0 radical (unpaired) electrons. The van der Waals surface area contributed by atoms with Crippen LogP contribution in [0.2, 0.25) is 0 Å². The number of imidazole rings is 1. The molecule has 0 aliphatic rings. The van der Waals surface area contributed by atoms with Gasteiger partial charge in [-0.05, 0) is 24.1 Å². The Morgan fingerprint density at radius 1 is 1.18 bits per heavy atom. The summed E-state index contributed by atoms with van der Waals surface area (Å²) in [6, 6.07) is 2.88. The zero-order valence-electron chi connectivity index (χ0n) is 14.9. The predicted molar refractivity (Wildman–Crippen MR) is 94.2 cm³/mol. The number of halogens is 2. The number of hydrogen-bond donors (Lipinski definition) is 1. The van der Waals surface area contributed by atoms with Gasteiger partial charge in [0.25, 0.3) is 5.91 Å². The second-order valence-corrected chi connectivity index (χ2v) is 5.66. The van der Waals surface area contributed by atoms with Crippen LogP contribution in [0.25, 0.3) is 5.82 Å². The molecule has 0 fully saturated rings. The molecule has 0 bridgehead atoms. The van der Waals surface area contributed by atoms with Crippen LogP contribution in [0, 0.1) is 11.6 Å². The van der Waals surface area contributed by atoms with Gasteiger partial charge < -0.3 is 10.1 Å². The van der Waals surface area contributed by atoms with Gasteiger partial charge in [-0.15, -0.1) is 10.2 Å². The van der Waals surface area contributed by atoms with E-state index in [0.29, 0.717) is 24.4 Å². The van der Waals surface area contributed by atoms with Gasteiger partial charge in [0.05, 0.1) is 18.4 Å². The molecule has 28 heavy (non-hydrogen) atoms. The van der Waals surface area contributed by atoms with Crippen molar-refractivity contribution in [2.75, 3.05) is 12.4 Å². The number of aromatic nitrogens is 4. The topological polar surface area (TPSA) is 99.0 Å². The Kier molecular flexibility index (Phi) is 5.39. The molecule has 0 atom stereocenters. The number of aryl methyl sites for hydroxylation is 1. The van der Waals surface area contributed by atoms with Crippen molar-refractivity contribution in [1.82, 2.24) is 19.7 Å². The SMILES string of the molecule is CCc1cc(C(=O)Nc2cc(F)c(F)cc2C(=O)OC)nnc1-n1ccnc1. The number of amides is 1. The first kappa shape index (κ1) is 19.1. The molecule has 10 heteroatoms. The maximum Gasteiger partial charge on any atom is 0.340 e. The number of rotatable bonds is 5. The van der Waals surface area contributed by atoms with Crippen LogP contribution < -0.4 is 5.32 Å². The molecule has 144 valence electrons. The molecule has 2 aromatic heterocycles. The monoisotopic (exact) mass is 387 g/mol. The number of ether oxygens (including phenoxy) is 1. The largest absolute Gasteiger partial charge is 0.465 e. The van der Waals surface area contributed by atoms with Crippen molar-refractivity contribution in [3.8, 4) is 5.82 Å². The van der Waals surface area contributed by atoms with E-state index in [1.54, 1.807) is 23.3 Å². The number of carbonyl (C=O) groups is 2. The number of nitrogens with zero attached hydrogens (tertiary/aromatic N) is 4. The lowest BCUT2D eigenvalue weighted by Gasteiger charge is -2.11. The molecule has 2 heterocycles. The van der Waals surface area contributed by atoms with E-state index in [0.717, 1.165) is 12.7 Å². The van der Waals surface area contributed by atoms with Crippen molar-refractivity contribution >= 4 is 17.6 Å². The van der Waals surface area contributed by atoms with Gasteiger partial charge in [0.2, 0.25) is 0 Å². The summed E-state index contributed by atoms with van der Waals surface area (Å²) in [4.78, 5) is 28.3. The molecule has 1 amide bonds. The Morgan fingerprint density at radius 2 is 1.93 bits per heavy atom. The van der Waals surface area contributed by atoms with Gasteiger partial charge in [-0.2, -0.15) is 0 Å². The maximum atomic E-state index is 13.6. The molecular formula is C18H15F2N5O3. The zero-order chi connectivity index (χ0) is 20.3. The van der Waals surface area contributed by atoms with Gasteiger partial charge in [-0.3, -0.25) is 9.36 Å². The average molecular weight is 387 g/mol. The summed E-state index contributed by atoms with van der Waals surface area (Å²) in [5.41, 5.74) is 0.0978. The highest BCUT2D eigenvalue weighted by Crippen LogP contribution is 2.22. The Hall–Kier alpha value is -3.69. The molecule has 1 aromatic carbocycles. The molecular weight excluding hydrogens is 372 g/mol. The summed E-state index contributed by atoms with van der Waals surface area (Å²) in [5, 5.41) is 10.3. The van der Waals surface area contributed by atoms with Crippen LogP contribution in [-0.2, 0) is 11.2 Å². The quantitative estimate of drug-likeness (QED) is 0.676. The minimum absolute atomic E-state index is 0.0544. The second kappa shape index (κ2) is 7.91. The van der Waals surface area contributed by atoms with Gasteiger partial charge in [0.1, 0.15) is 6.33 Å². The van der Waals surface area contributed by atoms with Crippen LogP contribution in [0.15, 0.2) is 36.9 Å². The van der Waals surface area contributed by atoms with Crippen LogP contribution in [0.5, 0.6) is 0 Å². The highest BCUT2D eigenvalue weighted by atomic mass is 19.2. The van der Waals surface area contributed by atoms with Crippen molar-refractivity contribution in [2.24, 2.45) is 0 Å². The lowest BCUT2D eigenvalue weighted by atomic mass is 10.1. The van der Waals surface area contributed by atoms with Crippen LogP contribution in [0.1, 0.15) is 33.3 Å². The number of esters is 1. The van der Waals surface area contributed by atoms with Crippen molar-refractivity contribution < 1.29 is 23.1 Å². The number of nitrogens with one attached hydrogen (secondary N) is 1. The predicted octanol–water partition coefficient (Wildman–Crippen LogP) is 2.54. The molecule has 1 N–H and O–H groups in total. The molecule has 0 saturated heterocycles. The lowest BCUT2D eigenvalue weighted by molar-refractivity contribution is 0.0601. The maximum absolute atomic E-state index is 13.6. The summed E-state index contributed by atoms with van der Waals surface area (Å²) < 4.78 is 33.2. The van der Waals surface area contributed by atoms with E-state index in [9.17, 15) is 18.4 Å². The molecule has 0 aliphatic carbocycles. The lowest BCUT2D eigenvalue weighted by Crippen LogP contribution is -2.19. The van der Waals surface area contributed by atoms with Gasteiger partial charge >= 0.3 is 5.97 Å². The molecule has 3 rings (SSSR count). The molecule has 0 unspecified atom stereocenters. The van der Waals surface area contributed by atoms with E-state index in [1.165, 1.54) is 6.07 Å². The third kappa shape index (κ3) is 3.70. The van der Waals surface area contributed by atoms with Crippen LogP contribution in [0.4, 0.5) is 14.5 Å². The summed E-state index contributed by atoms with van der Waals surface area (Å²) in [6.45, 7) is 1.88. The van der Waals surface area contributed by atoms with Crippen LogP contribution in [0.3, 0.4) is 0 Å². The fourth-order valence-electron chi connectivity index (χ4n) is 2.51. The standard InChI is InChI=1S/C18H15F2N5O3/c1-3-10-6-15(23-24-16(10)25-5-4-21-9-25)17(26)22-14-8-13(20)12(19)7-11(14)18(27)28-2/h4-9H,3H2,1-2H3,(H,22,26). The minimum Gasteiger partial charge on any atom is -0.465 e. The first-order chi connectivity index (χ1) is 13.4. The third-order valence-electron chi connectivity index (χ3n) is 3.93. The van der Waals surface area contributed by atoms with Crippen LogP contribution >= 0.6 is 0 Å². The van der Waals surface area contributed by atoms with Crippen molar-refractivity contribution in [1.29, 1.82) is 0 Å². The van der Waals surface area contributed by atoms with E-state index in [4.69, 9.17) is 0 Å². The third-order valence-corrected chi connectivity index (χ3v) is 3.93. The number of carbonyl (C=O) groups excluding carboxylic acids is 2. The van der Waals surface area contributed by atoms with E-state index < -0.39 is 23.5 Å². The van der Waals surface area contributed by atoms with Crippen molar-refractivity contribution in [2.45, 2.75) is 13.3 Å². The van der Waals surface area contributed by atoms with Crippen LogP contribution in [-0.4, -0.2) is 38.7 Å². The smallest absolute Gasteiger partial charge is 0.340 e. The normalized spacial score (nSPS) is 10.6. The molecule has 0 spiro atoms. The van der Waals surface area contributed by atoms with E-state index in [2.05, 4.69) is 25.2 Å². The Labute approximate surface area is 158 Å². The number of anilines is 1. The molecule has 0 saturated carbocycles. The van der Waals surface area contributed by atoms with Gasteiger partial charge in [-0.1, -0.05) is 6.92 Å². The van der Waals surface area contributed by atoms with Crippen molar-refractivity contribution in [3.63, 3.8) is 0 Å². The Bertz CT molecular complexity index is 1040. The van der Waals surface area contributed by atoms with E-state index >= 15 is 0 Å². The number of methoxy groups -OCH3 is 1. The summed E-state index contributed by atoms with van der Waals surface area (Å²) in [5.74, 6) is -3.62.